The summed E-state index contributed by atoms with van der Waals surface area (Å²) in [5, 5.41) is 3.27. The van der Waals surface area contributed by atoms with Crippen molar-refractivity contribution in [1.29, 1.82) is 0 Å². The third-order valence-electron chi connectivity index (χ3n) is 6.11. The quantitative estimate of drug-likeness (QED) is 0.814. The molecule has 2 heterocycles. The molecule has 2 aliphatic rings. The van der Waals surface area contributed by atoms with Gasteiger partial charge in [0.05, 0.1) is 0 Å². The van der Waals surface area contributed by atoms with Gasteiger partial charge in [0, 0.05) is 44.7 Å². The average molecular weight is 416 g/mol. The Morgan fingerprint density at radius 2 is 1.67 bits per heavy atom. The van der Waals surface area contributed by atoms with E-state index in [0.717, 1.165) is 32.5 Å². The summed E-state index contributed by atoms with van der Waals surface area (Å²) in [4.78, 5) is 29.1. The van der Waals surface area contributed by atoms with Gasteiger partial charge in [-0.05, 0) is 64.5 Å². The van der Waals surface area contributed by atoms with E-state index in [9.17, 15) is 9.59 Å². The number of hydrogen-bond donors (Lipinski definition) is 1. The van der Waals surface area contributed by atoms with Crippen molar-refractivity contribution in [3.8, 4) is 0 Å². The highest BCUT2D eigenvalue weighted by atomic mass is 16.6. The Bertz CT molecular complexity index is 727. The lowest BCUT2D eigenvalue weighted by Gasteiger charge is -2.35. The highest BCUT2D eigenvalue weighted by molar-refractivity contribution is 5.79. The van der Waals surface area contributed by atoms with Gasteiger partial charge in [-0.25, -0.2) is 4.79 Å². The van der Waals surface area contributed by atoms with Gasteiger partial charge < -0.3 is 15.0 Å². The zero-order valence-electron chi connectivity index (χ0n) is 18.9. The van der Waals surface area contributed by atoms with Crippen molar-refractivity contribution < 1.29 is 14.3 Å². The first-order chi connectivity index (χ1) is 14.2. The summed E-state index contributed by atoms with van der Waals surface area (Å²) in [6, 6.07) is 8.81. The van der Waals surface area contributed by atoms with Gasteiger partial charge in [-0.2, -0.15) is 0 Å². The van der Waals surface area contributed by atoms with E-state index in [-0.39, 0.29) is 24.0 Å². The second-order valence-electron chi connectivity index (χ2n) is 9.73. The SMILES string of the molecule is Cc1ccccc1CN1CCC(NC(=O)C2CCN(C(=O)OC(C)(C)C)CC2)CC1. The van der Waals surface area contributed by atoms with Crippen LogP contribution in [0, 0.1) is 12.8 Å². The standard InChI is InChI=1S/C24H37N3O3/c1-18-7-5-6-8-20(18)17-26-13-11-21(12-14-26)25-22(28)19-9-15-27(16-10-19)23(29)30-24(2,3)4/h5-8,19,21H,9-17H2,1-4H3,(H,25,28). The molecule has 0 aromatic heterocycles. The molecule has 6 nitrogen and oxygen atoms in total. The molecule has 0 unspecified atom stereocenters. The van der Waals surface area contributed by atoms with Crippen molar-refractivity contribution >= 4 is 12.0 Å². The number of carbonyl (C=O) groups is 2. The summed E-state index contributed by atoms with van der Waals surface area (Å²) in [6.45, 7) is 12.0. The minimum atomic E-state index is -0.487. The number of rotatable bonds is 4. The summed E-state index contributed by atoms with van der Waals surface area (Å²) < 4.78 is 5.44. The average Bonchev–Trinajstić information content (AvgIpc) is 2.70. The molecular weight excluding hydrogens is 378 g/mol. The summed E-state index contributed by atoms with van der Waals surface area (Å²) in [7, 11) is 0. The first kappa shape index (κ1) is 22.6. The number of benzene rings is 1. The summed E-state index contributed by atoms with van der Waals surface area (Å²) in [5.41, 5.74) is 2.24. The number of piperidine rings is 2. The van der Waals surface area contributed by atoms with Crippen LogP contribution >= 0.6 is 0 Å². The van der Waals surface area contributed by atoms with E-state index in [1.165, 1.54) is 11.1 Å². The molecule has 0 radical (unpaired) electrons. The first-order valence-corrected chi connectivity index (χ1v) is 11.3. The fourth-order valence-corrected chi connectivity index (χ4v) is 4.23. The van der Waals surface area contributed by atoms with Gasteiger partial charge in [0.25, 0.3) is 0 Å². The van der Waals surface area contributed by atoms with Crippen LogP contribution in [-0.2, 0) is 16.1 Å². The molecule has 6 heteroatoms. The Morgan fingerprint density at radius 3 is 2.27 bits per heavy atom. The zero-order chi connectivity index (χ0) is 21.7. The van der Waals surface area contributed by atoms with Crippen LogP contribution in [0.5, 0.6) is 0 Å². The van der Waals surface area contributed by atoms with E-state index < -0.39 is 5.60 Å². The van der Waals surface area contributed by atoms with Crippen molar-refractivity contribution in [1.82, 2.24) is 15.1 Å². The van der Waals surface area contributed by atoms with Crippen LogP contribution in [0.4, 0.5) is 4.79 Å². The molecule has 166 valence electrons. The lowest BCUT2D eigenvalue weighted by atomic mass is 9.95. The van der Waals surface area contributed by atoms with Gasteiger partial charge in [0.2, 0.25) is 5.91 Å². The third kappa shape index (κ3) is 6.46. The van der Waals surface area contributed by atoms with E-state index in [0.29, 0.717) is 25.9 Å². The van der Waals surface area contributed by atoms with Gasteiger partial charge in [-0.3, -0.25) is 9.69 Å². The number of hydrogen-bond acceptors (Lipinski definition) is 4. The lowest BCUT2D eigenvalue weighted by molar-refractivity contribution is -0.127. The van der Waals surface area contributed by atoms with Gasteiger partial charge in [0.1, 0.15) is 5.60 Å². The van der Waals surface area contributed by atoms with E-state index in [4.69, 9.17) is 4.74 Å². The molecule has 3 rings (SSSR count). The van der Waals surface area contributed by atoms with Crippen molar-refractivity contribution in [3.05, 3.63) is 35.4 Å². The minimum Gasteiger partial charge on any atom is -0.444 e. The van der Waals surface area contributed by atoms with Crippen molar-refractivity contribution in [2.24, 2.45) is 5.92 Å². The maximum atomic E-state index is 12.7. The Morgan fingerprint density at radius 1 is 1.03 bits per heavy atom. The molecule has 30 heavy (non-hydrogen) atoms. The number of carbonyl (C=O) groups excluding carboxylic acids is 2. The second kappa shape index (κ2) is 9.82. The number of aryl methyl sites for hydroxylation is 1. The Kier molecular flexibility index (Phi) is 7.40. The predicted octanol–water partition coefficient (Wildman–Crippen LogP) is 3.72. The largest absolute Gasteiger partial charge is 0.444 e. The monoisotopic (exact) mass is 415 g/mol. The Balaban J connectivity index is 1.38. The number of nitrogens with zero attached hydrogens (tertiary/aromatic N) is 2. The summed E-state index contributed by atoms with van der Waals surface area (Å²) in [6.07, 6.45) is 3.12. The molecule has 0 aliphatic carbocycles. The fourth-order valence-electron chi connectivity index (χ4n) is 4.23. The third-order valence-corrected chi connectivity index (χ3v) is 6.11. The lowest BCUT2D eigenvalue weighted by Crippen LogP contribution is -2.49. The van der Waals surface area contributed by atoms with Crippen LogP contribution < -0.4 is 5.32 Å². The van der Waals surface area contributed by atoms with Gasteiger partial charge in [-0.1, -0.05) is 24.3 Å². The molecule has 2 aliphatic heterocycles. The number of ether oxygens (including phenoxy) is 1. The molecule has 1 aromatic rings. The smallest absolute Gasteiger partial charge is 0.410 e. The fraction of sp³-hybridized carbons (Fsp3) is 0.667. The predicted molar refractivity (Wildman–Crippen MR) is 118 cm³/mol. The van der Waals surface area contributed by atoms with E-state index >= 15 is 0 Å². The van der Waals surface area contributed by atoms with Crippen molar-refractivity contribution in [2.75, 3.05) is 26.2 Å². The van der Waals surface area contributed by atoms with Crippen LogP contribution in [0.1, 0.15) is 57.6 Å². The van der Waals surface area contributed by atoms with Crippen LogP contribution in [0.15, 0.2) is 24.3 Å². The number of amides is 2. The maximum Gasteiger partial charge on any atom is 0.410 e. The Labute approximate surface area is 180 Å². The maximum absolute atomic E-state index is 12.7. The van der Waals surface area contributed by atoms with Gasteiger partial charge >= 0.3 is 6.09 Å². The van der Waals surface area contributed by atoms with E-state index in [1.807, 2.05) is 20.8 Å². The topological polar surface area (TPSA) is 61.9 Å². The molecule has 0 spiro atoms. The Hall–Kier alpha value is -2.08. The van der Waals surface area contributed by atoms with E-state index in [1.54, 1.807) is 4.90 Å². The minimum absolute atomic E-state index is 0.00585. The summed E-state index contributed by atoms with van der Waals surface area (Å²) in [5.74, 6) is 0.143. The highest BCUT2D eigenvalue weighted by Crippen LogP contribution is 2.21. The molecule has 1 aromatic carbocycles. The number of nitrogens with one attached hydrogen (secondary N) is 1. The van der Waals surface area contributed by atoms with Crippen LogP contribution in [0.3, 0.4) is 0 Å². The zero-order valence-corrected chi connectivity index (χ0v) is 18.9. The van der Waals surface area contributed by atoms with Crippen LogP contribution in [0.2, 0.25) is 0 Å². The molecule has 2 fully saturated rings. The second-order valence-corrected chi connectivity index (χ2v) is 9.73. The molecule has 2 amide bonds. The van der Waals surface area contributed by atoms with Crippen LogP contribution in [-0.4, -0.2) is 59.6 Å². The molecular formula is C24H37N3O3. The first-order valence-electron chi connectivity index (χ1n) is 11.3. The highest BCUT2D eigenvalue weighted by Gasteiger charge is 2.31. The number of likely N-dealkylation sites (tertiary alicyclic amines) is 2. The summed E-state index contributed by atoms with van der Waals surface area (Å²) >= 11 is 0. The molecule has 2 saturated heterocycles. The van der Waals surface area contributed by atoms with Gasteiger partial charge in [-0.15, -0.1) is 0 Å². The van der Waals surface area contributed by atoms with Crippen LogP contribution in [0.25, 0.3) is 0 Å². The van der Waals surface area contributed by atoms with Crippen molar-refractivity contribution in [2.45, 2.75) is 71.6 Å². The molecule has 1 N–H and O–H groups in total. The molecule has 0 atom stereocenters. The normalized spacial score (nSPS) is 19.5. The van der Waals surface area contributed by atoms with E-state index in [2.05, 4.69) is 41.4 Å². The molecule has 0 bridgehead atoms. The van der Waals surface area contributed by atoms with Crippen molar-refractivity contribution in [3.63, 3.8) is 0 Å². The van der Waals surface area contributed by atoms with Gasteiger partial charge in [0.15, 0.2) is 0 Å². The molecule has 0 saturated carbocycles.